The van der Waals surface area contributed by atoms with E-state index in [1.54, 1.807) is 10.9 Å². The highest BCUT2D eigenvalue weighted by Crippen LogP contribution is 2.12. The van der Waals surface area contributed by atoms with Crippen LogP contribution in [-0.2, 0) is 11.3 Å². The quantitative estimate of drug-likeness (QED) is 0.384. The average Bonchev–Trinajstić information content (AvgIpc) is 3.06. The number of para-hydroxylation sites is 1. The molecule has 1 heterocycles. The molecule has 0 atom stereocenters. The van der Waals surface area contributed by atoms with E-state index in [2.05, 4.69) is 27.8 Å². The van der Waals surface area contributed by atoms with Crippen molar-refractivity contribution in [3.8, 4) is 5.75 Å². The minimum Gasteiger partial charge on any atom is -0.494 e. The number of hydrazone groups is 1. The standard InChI is InChI=1S/C19H21N5O2/c1-2-3-12-26-16-10-8-15(9-11-16)13-20-22-19(25)14-24-18-7-5-4-6-17(18)21-23-24/h4-11,13H,2-3,12,14H2,1H3,(H,22,25)/b20-13-. The topological polar surface area (TPSA) is 81.4 Å². The summed E-state index contributed by atoms with van der Waals surface area (Å²) in [6.07, 6.45) is 3.73. The third-order valence-electron chi connectivity index (χ3n) is 3.76. The van der Waals surface area contributed by atoms with Crippen molar-refractivity contribution in [2.45, 2.75) is 26.3 Å². The summed E-state index contributed by atoms with van der Waals surface area (Å²) >= 11 is 0. The molecule has 7 heteroatoms. The van der Waals surface area contributed by atoms with Gasteiger partial charge in [0.1, 0.15) is 17.8 Å². The van der Waals surface area contributed by atoms with Crippen molar-refractivity contribution in [3.05, 3.63) is 54.1 Å². The van der Waals surface area contributed by atoms with Crippen molar-refractivity contribution in [2.75, 3.05) is 6.61 Å². The Morgan fingerprint density at radius 2 is 2.04 bits per heavy atom. The van der Waals surface area contributed by atoms with Crippen LogP contribution in [0.1, 0.15) is 25.3 Å². The van der Waals surface area contributed by atoms with Gasteiger partial charge in [0.2, 0.25) is 0 Å². The van der Waals surface area contributed by atoms with E-state index in [0.29, 0.717) is 0 Å². The van der Waals surface area contributed by atoms with Crippen LogP contribution in [-0.4, -0.2) is 33.7 Å². The van der Waals surface area contributed by atoms with Crippen molar-refractivity contribution in [3.63, 3.8) is 0 Å². The first-order valence-electron chi connectivity index (χ1n) is 8.59. The Hall–Kier alpha value is -3.22. The highest BCUT2D eigenvalue weighted by molar-refractivity contribution is 5.83. The van der Waals surface area contributed by atoms with Crippen LogP contribution < -0.4 is 10.2 Å². The second-order valence-electron chi connectivity index (χ2n) is 5.80. The Labute approximate surface area is 151 Å². The van der Waals surface area contributed by atoms with Crippen LogP contribution in [0.15, 0.2) is 53.6 Å². The minimum atomic E-state index is -0.267. The van der Waals surface area contributed by atoms with E-state index in [9.17, 15) is 4.79 Å². The Morgan fingerprint density at radius 3 is 2.85 bits per heavy atom. The zero-order chi connectivity index (χ0) is 18.2. The molecule has 3 rings (SSSR count). The zero-order valence-corrected chi connectivity index (χ0v) is 14.6. The third-order valence-corrected chi connectivity index (χ3v) is 3.76. The van der Waals surface area contributed by atoms with Gasteiger partial charge in [-0.05, 0) is 48.4 Å². The second kappa shape index (κ2) is 8.75. The summed E-state index contributed by atoms with van der Waals surface area (Å²) in [5.74, 6) is 0.564. The third kappa shape index (κ3) is 4.66. The van der Waals surface area contributed by atoms with Gasteiger partial charge in [-0.25, -0.2) is 10.1 Å². The van der Waals surface area contributed by atoms with E-state index in [0.717, 1.165) is 41.8 Å². The Balaban J connectivity index is 1.51. The molecular weight excluding hydrogens is 330 g/mol. The first-order chi connectivity index (χ1) is 12.8. The number of unbranched alkanes of at least 4 members (excludes halogenated alkanes) is 1. The number of aromatic nitrogens is 3. The average molecular weight is 351 g/mol. The number of rotatable bonds is 8. The smallest absolute Gasteiger partial charge is 0.261 e. The lowest BCUT2D eigenvalue weighted by Crippen LogP contribution is -2.23. The summed E-state index contributed by atoms with van der Waals surface area (Å²) in [5.41, 5.74) is 4.94. The van der Waals surface area contributed by atoms with Crippen LogP contribution >= 0.6 is 0 Å². The summed E-state index contributed by atoms with van der Waals surface area (Å²) < 4.78 is 7.15. The highest BCUT2D eigenvalue weighted by Gasteiger charge is 2.07. The van der Waals surface area contributed by atoms with Crippen molar-refractivity contribution in [1.29, 1.82) is 0 Å². The fraction of sp³-hybridized carbons (Fsp3) is 0.263. The molecule has 0 unspecified atom stereocenters. The van der Waals surface area contributed by atoms with Crippen molar-refractivity contribution >= 4 is 23.2 Å². The van der Waals surface area contributed by atoms with Crippen LogP contribution in [0.4, 0.5) is 0 Å². The number of amides is 1. The van der Waals surface area contributed by atoms with E-state index in [1.807, 2.05) is 48.5 Å². The molecule has 0 aliphatic rings. The number of carbonyl (C=O) groups is 1. The zero-order valence-electron chi connectivity index (χ0n) is 14.6. The molecule has 7 nitrogen and oxygen atoms in total. The van der Waals surface area contributed by atoms with Gasteiger partial charge in [-0.2, -0.15) is 5.10 Å². The lowest BCUT2D eigenvalue weighted by Gasteiger charge is -2.05. The predicted octanol–water partition coefficient (Wildman–Crippen LogP) is 2.76. The van der Waals surface area contributed by atoms with Gasteiger partial charge in [0.05, 0.1) is 18.3 Å². The molecule has 0 saturated carbocycles. The van der Waals surface area contributed by atoms with Gasteiger partial charge in [0, 0.05) is 0 Å². The van der Waals surface area contributed by atoms with Gasteiger partial charge in [-0.1, -0.05) is 30.7 Å². The monoisotopic (exact) mass is 351 g/mol. The normalized spacial score (nSPS) is 11.1. The van der Waals surface area contributed by atoms with Gasteiger partial charge in [-0.15, -0.1) is 5.10 Å². The molecule has 1 aromatic heterocycles. The molecule has 0 saturated heterocycles. The maximum atomic E-state index is 12.0. The number of hydrogen-bond acceptors (Lipinski definition) is 5. The summed E-state index contributed by atoms with van der Waals surface area (Å²) in [4.78, 5) is 12.0. The van der Waals surface area contributed by atoms with Crippen LogP contribution in [0.5, 0.6) is 5.75 Å². The number of nitrogens with zero attached hydrogens (tertiary/aromatic N) is 4. The minimum absolute atomic E-state index is 0.0576. The van der Waals surface area contributed by atoms with Crippen LogP contribution in [0, 0.1) is 0 Å². The molecule has 0 fully saturated rings. The molecule has 0 bridgehead atoms. The second-order valence-corrected chi connectivity index (χ2v) is 5.80. The molecule has 134 valence electrons. The number of fused-ring (bicyclic) bond motifs is 1. The van der Waals surface area contributed by atoms with Gasteiger partial charge in [-0.3, -0.25) is 4.79 Å². The number of hydrogen-bond donors (Lipinski definition) is 1. The molecule has 2 aromatic carbocycles. The SMILES string of the molecule is CCCCOc1ccc(/C=N\NC(=O)Cn2nnc3ccccc32)cc1. The Kier molecular flexibility index (Phi) is 5.92. The summed E-state index contributed by atoms with van der Waals surface area (Å²) in [7, 11) is 0. The molecule has 0 radical (unpaired) electrons. The van der Waals surface area contributed by atoms with Crippen molar-refractivity contribution < 1.29 is 9.53 Å². The first kappa shape index (κ1) is 17.6. The largest absolute Gasteiger partial charge is 0.494 e. The van der Waals surface area contributed by atoms with E-state index in [-0.39, 0.29) is 12.5 Å². The molecule has 1 N–H and O–H groups in total. The number of benzene rings is 2. The molecule has 0 spiro atoms. The fourth-order valence-electron chi connectivity index (χ4n) is 2.37. The van der Waals surface area contributed by atoms with Gasteiger partial charge < -0.3 is 4.74 Å². The lowest BCUT2D eigenvalue weighted by atomic mass is 10.2. The van der Waals surface area contributed by atoms with Crippen molar-refractivity contribution in [1.82, 2.24) is 20.4 Å². The molecule has 0 aliphatic carbocycles. The van der Waals surface area contributed by atoms with Crippen molar-refractivity contribution in [2.24, 2.45) is 5.10 Å². The van der Waals surface area contributed by atoms with E-state index in [4.69, 9.17) is 4.74 Å². The Morgan fingerprint density at radius 1 is 1.23 bits per heavy atom. The van der Waals surface area contributed by atoms with Gasteiger partial charge in [0.25, 0.3) is 5.91 Å². The van der Waals surface area contributed by atoms with Crippen LogP contribution in [0.25, 0.3) is 11.0 Å². The maximum absolute atomic E-state index is 12.0. The van der Waals surface area contributed by atoms with Gasteiger partial charge >= 0.3 is 0 Å². The number of nitrogens with one attached hydrogen (secondary N) is 1. The van der Waals surface area contributed by atoms with E-state index >= 15 is 0 Å². The maximum Gasteiger partial charge on any atom is 0.261 e. The predicted molar refractivity (Wildman–Crippen MR) is 100 cm³/mol. The molecule has 3 aromatic rings. The van der Waals surface area contributed by atoms with E-state index in [1.165, 1.54) is 0 Å². The summed E-state index contributed by atoms with van der Waals surface area (Å²) in [6.45, 7) is 2.90. The molecule has 26 heavy (non-hydrogen) atoms. The molecule has 0 aliphatic heterocycles. The van der Waals surface area contributed by atoms with E-state index < -0.39 is 0 Å². The molecule has 1 amide bonds. The number of ether oxygens (including phenoxy) is 1. The van der Waals surface area contributed by atoms with Gasteiger partial charge in [0.15, 0.2) is 0 Å². The van der Waals surface area contributed by atoms with Crippen LogP contribution in [0.3, 0.4) is 0 Å². The van der Waals surface area contributed by atoms with Crippen LogP contribution in [0.2, 0.25) is 0 Å². The first-order valence-corrected chi connectivity index (χ1v) is 8.59. The number of carbonyl (C=O) groups excluding carboxylic acids is 1. The highest BCUT2D eigenvalue weighted by atomic mass is 16.5. The summed E-state index contributed by atoms with van der Waals surface area (Å²) in [6, 6.07) is 15.0. The Bertz CT molecular complexity index is 886. The fourth-order valence-corrected chi connectivity index (χ4v) is 2.37. The summed E-state index contributed by atoms with van der Waals surface area (Å²) in [5, 5.41) is 12.0. The lowest BCUT2D eigenvalue weighted by molar-refractivity contribution is -0.121. The molecular formula is C19H21N5O2.